The maximum absolute atomic E-state index is 5.96. The van der Waals surface area contributed by atoms with Crippen molar-refractivity contribution in [2.75, 3.05) is 12.3 Å². The minimum Gasteiger partial charge on any atom is -0.398 e. The van der Waals surface area contributed by atoms with Gasteiger partial charge in [0.25, 0.3) is 0 Å². The van der Waals surface area contributed by atoms with Crippen LogP contribution >= 0.6 is 22.9 Å². The third kappa shape index (κ3) is 3.70. The molecule has 0 amide bonds. The largest absolute Gasteiger partial charge is 0.398 e. The van der Waals surface area contributed by atoms with Gasteiger partial charge in [-0.1, -0.05) is 17.7 Å². The van der Waals surface area contributed by atoms with Crippen molar-refractivity contribution >= 4 is 28.6 Å². The average Bonchev–Trinajstić information content (AvgIpc) is 2.75. The number of nitrogens with zero attached hydrogens (tertiary/aromatic N) is 1. The summed E-state index contributed by atoms with van der Waals surface area (Å²) in [7, 11) is 0. The van der Waals surface area contributed by atoms with Crippen LogP contribution in [0.25, 0.3) is 0 Å². The van der Waals surface area contributed by atoms with Crippen LogP contribution in [0.5, 0.6) is 0 Å². The molecule has 96 valence electrons. The van der Waals surface area contributed by atoms with E-state index in [4.69, 9.17) is 17.3 Å². The zero-order valence-corrected chi connectivity index (χ0v) is 11.8. The molecular formula is C13H16ClN3S. The Morgan fingerprint density at radius 3 is 2.94 bits per heavy atom. The maximum atomic E-state index is 5.96. The second kappa shape index (κ2) is 6.18. The van der Waals surface area contributed by atoms with Gasteiger partial charge in [0, 0.05) is 30.6 Å². The Bertz CT molecular complexity index is 525. The van der Waals surface area contributed by atoms with Crippen LogP contribution in [0.15, 0.2) is 23.6 Å². The highest BCUT2D eigenvalue weighted by molar-refractivity contribution is 7.09. The molecule has 3 N–H and O–H groups in total. The molecule has 1 heterocycles. The molecule has 0 atom stereocenters. The molecule has 0 saturated heterocycles. The molecular weight excluding hydrogens is 266 g/mol. The first kappa shape index (κ1) is 13.3. The Kier molecular flexibility index (Phi) is 4.58. The minimum absolute atomic E-state index is 0.616. The predicted molar refractivity (Wildman–Crippen MR) is 78.1 cm³/mol. The van der Waals surface area contributed by atoms with Crippen LogP contribution in [0.4, 0.5) is 5.69 Å². The summed E-state index contributed by atoms with van der Waals surface area (Å²) in [5, 5.41) is 7.24. The minimum atomic E-state index is 0.616. The van der Waals surface area contributed by atoms with Crippen LogP contribution in [0.2, 0.25) is 5.02 Å². The number of aryl methyl sites for hydroxylation is 1. The number of nitrogens with two attached hydrogens (primary N) is 1. The first-order chi connectivity index (χ1) is 8.65. The van der Waals surface area contributed by atoms with Gasteiger partial charge < -0.3 is 11.1 Å². The Morgan fingerprint density at radius 2 is 2.28 bits per heavy atom. The Balaban J connectivity index is 1.76. The number of halogens is 1. The van der Waals surface area contributed by atoms with E-state index in [0.717, 1.165) is 30.8 Å². The summed E-state index contributed by atoms with van der Waals surface area (Å²) in [5.41, 5.74) is 8.53. The fourth-order valence-electron chi connectivity index (χ4n) is 1.63. The van der Waals surface area contributed by atoms with Gasteiger partial charge in [0.05, 0.1) is 15.7 Å². The molecule has 1 aromatic heterocycles. The van der Waals surface area contributed by atoms with E-state index < -0.39 is 0 Å². The van der Waals surface area contributed by atoms with E-state index in [1.807, 2.05) is 25.1 Å². The highest BCUT2D eigenvalue weighted by Crippen LogP contribution is 2.19. The second-order valence-corrected chi connectivity index (χ2v) is 5.52. The molecule has 0 radical (unpaired) electrons. The van der Waals surface area contributed by atoms with Gasteiger partial charge in [0.2, 0.25) is 0 Å². The second-order valence-electron chi connectivity index (χ2n) is 4.17. The Morgan fingerprint density at radius 1 is 1.44 bits per heavy atom. The number of benzene rings is 1. The van der Waals surface area contributed by atoms with Crippen molar-refractivity contribution in [2.45, 2.75) is 19.9 Å². The fraction of sp³-hybridized carbons (Fsp3) is 0.308. The average molecular weight is 282 g/mol. The molecule has 0 bridgehead atoms. The van der Waals surface area contributed by atoms with Gasteiger partial charge in [0.1, 0.15) is 0 Å². The molecule has 0 aliphatic carbocycles. The number of anilines is 1. The molecule has 2 aromatic rings. The molecule has 18 heavy (non-hydrogen) atoms. The summed E-state index contributed by atoms with van der Waals surface area (Å²) in [4.78, 5) is 4.42. The molecule has 0 aliphatic heterocycles. The fourth-order valence-corrected chi connectivity index (χ4v) is 2.61. The van der Waals surface area contributed by atoms with Crippen molar-refractivity contribution in [3.63, 3.8) is 0 Å². The van der Waals surface area contributed by atoms with Crippen LogP contribution in [0, 0.1) is 6.92 Å². The summed E-state index contributed by atoms with van der Waals surface area (Å²) in [5.74, 6) is 0. The van der Waals surface area contributed by atoms with Crippen LogP contribution in [0.1, 0.15) is 16.3 Å². The van der Waals surface area contributed by atoms with Crippen molar-refractivity contribution in [1.29, 1.82) is 0 Å². The summed E-state index contributed by atoms with van der Waals surface area (Å²) < 4.78 is 0. The topological polar surface area (TPSA) is 50.9 Å². The summed E-state index contributed by atoms with van der Waals surface area (Å²) in [6.45, 7) is 3.73. The van der Waals surface area contributed by atoms with Gasteiger partial charge in [-0.25, -0.2) is 4.98 Å². The van der Waals surface area contributed by atoms with Gasteiger partial charge in [-0.05, 0) is 24.6 Å². The molecule has 0 fully saturated rings. The molecule has 5 heteroatoms. The maximum Gasteiger partial charge on any atom is 0.0940 e. The highest BCUT2D eigenvalue weighted by Gasteiger charge is 2.00. The van der Waals surface area contributed by atoms with Crippen molar-refractivity contribution < 1.29 is 0 Å². The lowest BCUT2D eigenvalue weighted by Crippen LogP contribution is -2.16. The lowest BCUT2D eigenvalue weighted by atomic mass is 10.2. The third-order valence-corrected chi connectivity index (χ3v) is 3.93. The normalized spacial score (nSPS) is 10.8. The Labute approximate surface area is 116 Å². The first-order valence-corrected chi connectivity index (χ1v) is 7.06. The van der Waals surface area contributed by atoms with Gasteiger partial charge in [-0.3, -0.25) is 0 Å². The number of hydrogen-bond donors (Lipinski definition) is 2. The van der Waals surface area contributed by atoms with Crippen LogP contribution in [-0.4, -0.2) is 11.5 Å². The molecule has 3 nitrogen and oxygen atoms in total. The zero-order chi connectivity index (χ0) is 13.0. The Hall–Kier alpha value is -1.10. The molecule has 0 unspecified atom stereocenters. The van der Waals surface area contributed by atoms with E-state index in [9.17, 15) is 0 Å². The van der Waals surface area contributed by atoms with E-state index >= 15 is 0 Å². The first-order valence-electron chi connectivity index (χ1n) is 5.81. The number of hydrogen-bond acceptors (Lipinski definition) is 4. The summed E-state index contributed by atoms with van der Waals surface area (Å²) in [6, 6.07) is 5.72. The highest BCUT2D eigenvalue weighted by atomic mass is 35.5. The lowest BCUT2D eigenvalue weighted by Gasteiger charge is -2.05. The van der Waals surface area contributed by atoms with E-state index in [1.165, 1.54) is 5.01 Å². The molecule has 0 saturated carbocycles. The van der Waals surface area contributed by atoms with E-state index in [1.54, 1.807) is 11.3 Å². The number of aromatic nitrogens is 1. The van der Waals surface area contributed by atoms with E-state index in [2.05, 4.69) is 15.7 Å². The zero-order valence-electron chi connectivity index (χ0n) is 10.2. The quantitative estimate of drug-likeness (QED) is 0.654. The number of thiazole rings is 1. The smallest absolute Gasteiger partial charge is 0.0940 e. The van der Waals surface area contributed by atoms with Crippen LogP contribution < -0.4 is 11.1 Å². The van der Waals surface area contributed by atoms with Gasteiger partial charge >= 0.3 is 0 Å². The van der Waals surface area contributed by atoms with Gasteiger partial charge in [0.15, 0.2) is 0 Å². The summed E-state index contributed by atoms with van der Waals surface area (Å²) >= 11 is 7.68. The van der Waals surface area contributed by atoms with E-state index in [-0.39, 0.29) is 0 Å². The van der Waals surface area contributed by atoms with Crippen molar-refractivity contribution in [3.8, 4) is 0 Å². The van der Waals surface area contributed by atoms with Crippen molar-refractivity contribution in [2.24, 2.45) is 0 Å². The number of rotatable bonds is 5. The van der Waals surface area contributed by atoms with Crippen molar-refractivity contribution in [1.82, 2.24) is 10.3 Å². The molecule has 0 spiro atoms. The lowest BCUT2D eigenvalue weighted by molar-refractivity contribution is 0.685. The van der Waals surface area contributed by atoms with Crippen molar-refractivity contribution in [3.05, 3.63) is 44.9 Å². The van der Waals surface area contributed by atoms with Crippen LogP contribution in [0.3, 0.4) is 0 Å². The number of nitrogens with one attached hydrogen (secondary N) is 1. The monoisotopic (exact) mass is 281 g/mol. The SMILES string of the molecule is Cc1csc(CCNCc2ccc(N)c(Cl)c2)n1. The number of nitrogen functional groups attached to an aromatic ring is 1. The summed E-state index contributed by atoms with van der Waals surface area (Å²) in [6.07, 6.45) is 0.960. The van der Waals surface area contributed by atoms with Crippen LogP contribution in [-0.2, 0) is 13.0 Å². The van der Waals surface area contributed by atoms with Gasteiger partial charge in [-0.2, -0.15) is 0 Å². The predicted octanol–water partition coefficient (Wildman–Crippen LogP) is 3.02. The molecule has 2 rings (SSSR count). The molecule has 1 aromatic carbocycles. The van der Waals surface area contributed by atoms with Gasteiger partial charge in [-0.15, -0.1) is 11.3 Å². The standard InChI is InChI=1S/C13H16ClN3S/c1-9-8-18-13(17-9)4-5-16-7-10-2-3-12(15)11(14)6-10/h2-3,6,8,16H,4-5,7,15H2,1H3. The molecule has 0 aliphatic rings. The third-order valence-electron chi connectivity index (χ3n) is 2.58. The van der Waals surface area contributed by atoms with E-state index in [0.29, 0.717) is 10.7 Å².